The van der Waals surface area contributed by atoms with Gasteiger partial charge >= 0.3 is 0 Å². The topological polar surface area (TPSA) is 72.2 Å². The molecule has 3 heterocycles. The fourth-order valence-electron chi connectivity index (χ4n) is 2.42. The van der Waals surface area contributed by atoms with Crippen LogP contribution in [0.3, 0.4) is 0 Å². The molecule has 0 saturated carbocycles. The molecule has 0 saturated heterocycles. The van der Waals surface area contributed by atoms with Crippen molar-refractivity contribution in [3.05, 3.63) is 63.6 Å². The third-order valence-corrected chi connectivity index (χ3v) is 4.94. The maximum atomic E-state index is 12.6. The molecule has 1 aromatic carbocycles. The van der Waals surface area contributed by atoms with E-state index in [1.54, 1.807) is 35.2 Å². The van der Waals surface area contributed by atoms with Gasteiger partial charge in [-0.3, -0.25) is 9.78 Å². The van der Waals surface area contributed by atoms with Crippen LogP contribution in [0.25, 0.3) is 16.6 Å². The van der Waals surface area contributed by atoms with Crippen molar-refractivity contribution in [1.29, 1.82) is 0 Å². The first-order valence-corrected chi connectivity index (χ1v) is 8.57. The summed E-state index contributed by atoms with van der Waals surface area (Å²) in [6.45, 7) is 0. The Bertz CT molecular complexity index is 1090. The van der Waals surface area contributed by atoms with Gasteiger partial charge in [0.25, 0.3) is 5.91 Å². The number of fused-ring (bicyclic) bond motifs is 2. The summed E-state index contributed by atoms with van der Waals surface area (Å²) >= 11 is 6.89. The van der Waals surface area contributed by atoms with E-state index in [0.717, 1.165) is 9.86 Å². The molecule has 0 fully saturated rings. The average Bonchev–Trinajstić information content (AvgIpc) is 2.95. The van der Waals surface area contributed by atoms with Crippen molar-refractivity contribution >= 4 is 60.0 Å². The van der Waals surface area contributed by atoms with Gasteiger partial charge in [-0.2, -0.15) is 5.10 Å². The highest BCUT2D eigenvalue weighted by Crippen LogP contribution is 2.29. The fourth-order valence-corrected chi connectivity index (χ4v) is 3.42. The second-order valence-electron chi connectivity index (χ2n) is 5.00. The molecule has 0 aliphatic carbocycles. The Balaban J connectivity index is 1.76. The van der Waals surface area contributed by atoms with Crippen LogP contribution in [0, 0.1) is 0 Å². The van der Waals surface area contributed by atoms with Crippen molar-refractivity contribution in [2.75, 3.05) is 5.32 Å². The van der Waals surface area contributed by atoms with Crippen LogP contribution >= 0.6 is 31.9 Å². The minimum absolute atomic E-state index is 0.265. The van der Waals surface area contributed by atoms with Gasteiger partial charge in [0.05, 0.1) is 15.7 Å². The predicted molar refractivity (Wildman–Crippen MR) is 98.1 cm³/mol. The van der Waals surface area contributed by atoms with Gasteiger partial charge in [-0.05, 0) is 40.2 Å². The molecule has 0 unspecified atom stereocenters. The lowest BCUT2D eigenvalue weighted by molar-refractivity contribution is 0.102. The van der Waals surface area contributed by atoms with E-state index in [0.29, 0.717) is 21.3 Å². The molecular formula is C16H9Br2N5O. The smallest absolute Gasteiger partial charge is 0.277 e. The Kier molecular flexibility index (Phi) is 3.78. The number of hydrogen-bond donors (Lipinski definition) is 1. The number of rotatable bonds is 2. The second-order valence-corrected chi connectivity index (χ2v) is 6.65. The van der Waals surface area contributed by atoms with E-state index in [4.69, 9.17) is 0 Å². The van der Waals surface area contributed by atoms with Crippen LogP contribution in [0.2, 0.25) is 0 Å². The number of nitrogens with one attached hydrogen (secondary N) is 1. The number of amides is 1. The van der Waals surface area contributed by atoms with Crippen LogP contribution in [0.15, 0.2) is 57.9 Å². The number of aromatic nitrogens is 4. The first kappa shape index (κ1) is 15.2. The SMILES string of the molecule is O=C(Nc1ccc(Br)c2cccnc12)c1nn2cccnc2c1Br. The summed E-state index contributed by atoms with van der Waals surface area (Å²) in [5.41, 5.74) is 2.18. The van der Waals surface area contributed by atoms with Crippen LogP contribution in [0.4, 0.5) is 5.69 Å². The zero-order chi connectivity index (χ0) is 16.7. The molecule has 0 bridgehead atoms. The number of nitrogens with zero attached hydrogens (tertiary/aromatic N) is 4. The van der Waals surface area contributed by atoms with Gasteiger partial charge in [-0.1, -0.05) is 22.0 Å². The van der Waals surface area contributed by atoms with Gasteiger partial charge in [0.15, 0.2) is 11.3 Å². The first-order chi connectivity index (χ1) is 11.6. The van der Waals surface area contributed by atoms with E-state index in [-0.39, 0.29) is 11.6 Å². The van der Waals surface area contributed by atoms with E-state index in [2.05, 4.69) is 52.2 Å². The highest BCUT2D eigenvalue weighted by atomic mass is 79.9. The van der Waals surface area contributed by atoms with Gasteiger partial charge < -0.3 is 5.32 Å². The van der Waals surface area contributed by atoms with Crippen molar-refractivity contribution in [2.45, 2.75) is 0 Å². The number of benzene rings is 1. The van der Waals surface area contributed by atoms with Crippen LogP contribution in [-0.4, -0.2) is 25.5 Å². The number of anilines is 1. The second kappa shape index (κ2) is 5.95. The number of carbonyl (C=O) groups excluding carboxylic acids is 1. The summed E-state index contributed by atoms with van der Waals surface area (Å²) in [6, 6.07) is 9.22. The molecule has 8 heteroatoms. The van der Waals surface area contributed by atoms with E-state index in [1.165, 1.54) is 0 Å². The monoisotopic (exact) mass is 445 g/mol. The lowest BCUT2D eigenvalue weighted by atomic mass is 10.2. The maximum absolute atomic E-state index is 12.6. The Labute approximate surface area is 153 Å². The first-order valence-electron chi connectivity index (χ1n) is 6.98. The van der Waals surface area contributed by atoms with Crippen LogP contribution in [0.1, 0.15) is 10.5 Å². The van der Waals surface area contributed by atoms with Crippen molar-refractivity contribution in [3.63, 3.8) is 0 Å². The molecule has 0 aliphatic rings. The lowest BCUT2D eigenvalue weighted by Crippen LogP contribution is -2.13. The molecule has 0 atom stereocenters. The molecule has 24 heavy (non-hydrogen) atoms. The quantitative estimate of drug-likeness (QED) is 0.504. The number of pyridine rings is 1. The molecule has 4 aromatic rings. The predicted octanol–water partition coefficient (Wildman–Crippen LogP) is 4.05. The molecule has 0 aliphatic heterocycles. The van der Waals surface area contributed by atoms with Gasteiger partial charge in [-0.15, -0.1) is 0 Å². The Morgan fingerprint density at radius 3 is 2.75 bits per heavy atom. The summed E-state index contributed by atoms with van der Waals surface area (Å²) in [6.07, 6.45) is 5.07. The number of carbonyl (C=O) groups is 1. The largest absolute Gasteiger partial charge is 0.319 e. The van der Waals surface area contributed by atoms with E-state index in [1.807, 2.05) is 18.2 Å². The fraction of sp³-hybridized carbons (Fsp3) is 0. The molecule has 1 amide bonds. The van der Waals surface area contributed by atoms with Crippen molar-refractivity contribution < 1.29 is 4.79 Å². The zero-order valence-electron chi connectivity index (χ0n) is 12.1. The van der Waals surface area contributed by atoms with Gasteiger partial charge in [-0.25, -0.2) is 9.50 Å². The molecular weight excluding hydrogens is 438 g/mol. The zero-order valence-corrected chi connectivity index (χ0v) is 15.2. The van der Waals surface area contributed by atoms with E-state index in [9.17, 15) is 4.79 Å². The van der Waals surface area contributed by atoms with Gasteiger partial charge in [0.2, 0.25) is 0 Å². The van der Waals surface area contributed by atoms with Crippen LogP contribution in [0.5, 0.6) is 0 Å². The van der Waals surface area contributed by atoms with Crippen LogP contribution in [-0.2, 0) is 0 Å². The molecule has 1 N–H and O–H groups in total. The summed E-state index contributed by atoms with van der Waals surface area (Å²) in [5.74, 6) is -0.332. The summed E-state index contributed by atoms with van der Waals surface area (Å²) < 4.78 is 3.02. The normalized spacial score (nSPS) is 11.1. The minimum atomic E-state index is -0.332. The number of halogens is 2. The summed E-state index contributed by atoms with van der Waals surface area (Å²) in [4.78, 5) is 21.2. The summed E-state index contributed by atoms with van der Waals surface area (Å²) in [7, 11) is 0. The van der Waals surface area contributed by atoms with Crippen molar-refractivity contribution in [3.8, 4) is 0 Å². The third-order valence-electron chi connectivity index (χ3n) is 3.52. The van der Waals surface area contributed by atoms with Crippen LogP contribution < -0.4 is 5.32 Å². The average molecular weight is 447 g/mol. The minimum Gasteiger partial charge on any atom is -0.319 e. The van der Waals surface area contributed by atoms with Gasteiger partial charge in [0.1, 0.15) is 0 Å². The molecule has 3 aromatic heterocycles. The molecule has 6 nitrogen and oxygen atoms in total. The van der Waals surface area contributed by atoms with Gasteiger partial charge in [0, 0.05) is 28.4 Å². The lowest BCUT2D eigenvalue weighted by Gasteiger charge is -2.08. The third kappa shape index (κ3) is 2.47. The Morgan fingerprint density at radius 1 is 1.08 bits per heavy atom. The van der Waals surface area contributed by atoms with E-state index >= 15 is 0 Å². The molecule has 4 rings (SSSR count). The van der Waals surface area contributed by atoms with Crippen molar-refractivity contribution in [2.24, 2.45) is 0 Å². The highest BCUT2D eigenvalue weighted by Gasteiger charge is 2.19. The highest BCUT2D eigenvalue weighted by molar-refractivity contribution is 9.11. The summed E-state index contributed by atoms with van der Waals surface area (Å²) in [5, 5.41) is 8.07. The van der Waals surface area contributed by atoms with E-state index < -0.39 is 0 Å². The van der Waals surface area contributed by atoms with Crippen molar-refractivity contribution in [1.82, 2.24) is 19.6 Å². The Hall–Kier alpha value is -2.32. The Morgan fingerprint density at radius 2 is 1.92 bits per heavy atom. The number of hydrogen-bond acceptors (Lipinski definition) is 4. The maximum Gasteiger partial charge on any atom is 0.277 e. The molecule has 0 radical (unpaired) electrons. The molecule has 0 spiro atoms. The molecule has 118 valence electrons. The standard InChI is InChI=1S/C16H9Br2N5O/c17-10-4-5-11(13-9(10)3-1-6-19-13)21-16(24)14-12(18)15-20-7-2-8-23(15)22-14/h1-8H,(H,21,24).